The Morgan fingerprint density at radius 2 is 1.77 bits per heavy atom. The van der Waals surface area contributed by atoms with Crippen LogP contribution in [0.3, 0.4) is 0 Å². The first kappa shape index (κ1) is 20.3. The molecule has 1 unspecified atom stereocenters. The summed E-state index contributed by atoms with van der Waals surface area (Å²) in [4.78, 5) is 27.4. The predicted octanol–water partition coefficient (Wildman–Crippen LogP) is 3.96. The van der Waals surface area contributed by atoms with Crippen LogP contribution in [-0.2, 0) is 9.59 Å². The molecule has 0 bridgehead atoms. The second-order valence-electron chi connectivity index (χ2n) is 5.84. The fourth-order valence-corrected chi connectivity index (χ4v) is 2.96. The molecular weight excluding hydrogens is 370 g/mol. The molecule has 2 aromatic carbocycles. The fraction of sp³-hybridized carbons (Fsp3) is 0.263. The zero-order valence-corrected chi connectivity index (χ0v) is 16.5. The highest BCUT2D eigenvalue weighted by molar-refractivity contribution is 7.98. The molecule has 0 aliphatic rings. The summed E-state index contributed by atoms with van der Waals surface area (Å²) in [5.74, 6) is -0.354. The van der Waals surface area contributed by atoms with Crippen LogP contribution < -0.4 is 10.6 Å². The van der Waals surface area contributed by atoms with Crippen LogP contribution in [0.15, 0.2) is 53.4 Å². The SMILES string of the molecule is CSc1ccccc1NC(=O)CN(C)C(C)C(=O)Nc1ccc(Cl)cc1. The molecule has 2 rings (SSSR count). The number of nitrogens with zero attached hydrogens (tertiary/aromatic N) is 1. The molecule has 0 spiro atoms. The smallest absolute Gasteiger partial charge is 0.241 e. The van der Waals surface area contributed by atoms with Crippen molar-refractivity contribution in [1.82, 2.24) is 4.90 Å². The topological polar surface area (TPSA) is 61.4 Å². The molecule has 0 aliphatic heterocycles. The fourth-order valence-electron chi connectivity index (χ4n) is 2.28. The molecule has 7 heteroatoms. The maximum Gasteiger partial charge on any atom is 0.241 e. The lowest BCUT2D eigenvalue weighted by molar-refractivity contribution is -0.122. The van der Waals surface area contributed by atoms with Gasteiger partial charge in [0.25, 0.3) is 0 Å². The Labute approximate surface area is 163 Å². The first-order chi connectivity index (χ1) is 12.4. The van der Waals surface area contributed by atoms with Gasteiger partial charge < -0.3 is 10.6 Å². The third-order valence-electron chi connectivity index (χ3n) is 3.93. The molecule has 1 atom stereocenters. The third kappa shape index (κ3) is 5.76. The first-order valence-corrected chi connectivity index (χ1v) is 9.70. The van der Waals surface area contributed by atoms with Crippen molar-refractivity contribution in [3.63, 3.8) is 0 Å². The van der Waals surface area contributed by atoms with E-state index in [0.29, 0.717) is 10.7 Å². The van der Waals surface area contributed by atoms with Crippen LogP contribution in [0.25, 0.3) is 0 Å². The second kappa shape index (κ2) is 9.62. The number of thioether (sulfide) groups is 1. The zero-order chi connectivity index (χ0) is 19.1. The van der Waals surface area contributed by atoms with Gasteiger partial charge in [0.2, 0.25) is 11.8 Å². The highest BCUT2D eigenvalue weighted by atomic mass is 35.5. The molecule has 0 fully saturated rings. The second-order valence-corrected chi connectivity index (χ2v) is 7.12. The van der Waals surface area contributed by atoms with E-state index in [-0.39, 0.29) is 18.4 Å². The molecule has 26 heavy (non-hydrogen) atoms. The van der Waals surface area contributed by atoms with Crippen molar-refractivity contribution in [2.24, 2.45) is 0 Å². The Balaban J connectivity index is 1.90. The summed E-state index contributed by atoms with van der Waals surface area (Å²) < 4.78 is 0. The number of amides is 2. The Morgan fingerprint density at radius 3 is 2.42 bits per heavy atom. The summed E-state index contributed by atoms with van der Waals surface area (Å²) in [6, 6.07) is 14.0. The molecule has 0 aromatic heterocycles. The number of halogens is 1. The van der Waals surface area contributed by atoms with E-state index in [1.807, 2.05) is 30.5 Å². The van der Waals surface area contributed by atoms with Crippen molar-refractivity contribution < 1.29 is 9.59 Å². The minimum Gasteiger partial charge on any atom is -0.325 e. The number of likely N-dealkylation sites (N-methyl/N-ethyl adjacent to an activating group) is 1. The van der Waals surface area contributed by atoms with Crippen molar-refractivity contribution in [3.05, 3.63) is 53.6 Å². The number of carbonyl (C=O) groups excluding carboxylic acids is 2. The molecule has 5 nitrogen and oxygen atoms in total. The highest BCUT2D eigenvalue weighted by Crippen LogP contribution is 2.24. The molecule has 2 amide bonds. The van der Waals surface area contributed by atoms with Crippen LogP contribution in [0.1, 0.15) is 6.92 Å². The quantitative estimate of drug-likeness (QED) is 0.701. The number of hydrogen-bond donors (Lipinski definition) is 2. The molecule has 0 saturated heterocycles. The van der Waals surface area contributed by atoms with Crippen LogP contribution in [0.5, 0.6) is 0 Å². The lowest BCUT2D eigenvalue weighted by atomic mass is 10.2. The van der Waals surface area contributed by atoms with Crippen LogP contribution in [-0.4, -0.2) is 42.6 Å². The Bertz CT molecular complexity index is 768. The van der Waals surface area contributed by atoms with Gasteiger partial charge >= 0.3 is 0 Å². The number of carbonyl (C=O) groups is 2. The maximum atomic E-state index is 12.4. The lowest BCUT2D eigenvalue weighted by Crippen LogP contribution is -2.43. The Hall–Kier alpha value is -2.02. The summed E-state index contributed by atoms with van der Waals surface area (Å²) in [6.45, 7) is 1.87. The molecule has 2 N–H and O–H groups in total. The van der Waals surface area contributed by atoms with Crippen LogP contribution in [0.2, 0.25) is 5.02 Å². The zero-order valence-electron chi connectivity index (χ0n) is 15.0. The van der Waals surface area contributed by atoms with Crippen LogP contribution >= 0.6 is 23.4 Å². The minimum atomic E-state index is -0.466. The van der Waals surface area contributed by atoms with E-state index in [9.17, 15) is 9.59 Å². The number of hydrogen-bond acceptors (Lipinski definition) is 4. The summed E-state index contributed by atoms with van der Waals surface area (Å²) in [7, 11) is 1.74. The van der Waals surface area contributed by atoms with Crippen LogP contribution in [0.4, 0.5) is 11.4 Å². The average molecular weight is 392 g/mol. The highest BCUT2D eigenvalue weighted by Gasteiger charge is 2.20. The monoisotopic (exact) mass is 391 g/mol. The summed E-state index contributed by atoms with van der Waals surface area (Å²) in [5.41, 5.74) is 1.44. The Morgan fingerprint density at radius 1 is 1.12 bits per heavy atom. The molecule has 0 radical (unpaired) electrons. The van der Waals surface area contributed by atoms with Gasteiger partial charge in [-0.25, -0.2) is 0 Å². The van der Waals surface area contributed by atoms with E-state index in [0.717, 1.165) is 10.6 Å². The molecular formula is C19H22ClN3O2S. The van der Waals surface area contributed by atoms with Gasteiger partial charge in [0.05, 0.1) is 18.3 Å². The van der Waals surface area contributed by atoms with Gasteiger partial charge in [-0.15, -0.1) is 11.8 Å². The average Bonchev–Trinajstić information content (AvgIpc) is 2.63. The molecule has 0 saturated carbocycles. The van der Waals surface area contributed by atoms with E-state index >= 15 is 0 Å². The van der Waals surface area contributed by atoms with Gasteiger partial charge in [-0.1, -0.05) is 23.7 Å². The minimum absolute atomic E-state index is 0.109. The number of rotatable bonds is 7. The number of nitrogens with one attached hydrogen (secondary N) is 2. The number of benzene rings is 2. The third-order valence-corrected chi connectivity index (χ3v) is 4.97. The van der Waals surface area contributed by atoms with Crippen molar-refractivity contribution in [2.45, 2.75) is 17.9 Å². The largest absolute Gasteiger partial charge is 0.325 e. The van der Waals surface area contributed by atoms with Crippen LogP contribution in [0, 0.1) is 0 Å². The molecule has 2 aromatic rings. The van der Waals surface area contributed by atoms with Crippen molar-refractivity contribution in [2.75, 3.05) is 30.5 Å². The lowest BCUT2D eigenvalue weighted by Gasteiger charge is -2.23. The van der Waals surface area contributed by atoms with E-state index in [1.165, 1.54) is 0 Å². The van der Waals surface area contributed by atoms with Gasteiger partial charge in [-0.05, 0) is 56.6 Å². The van der Waals surface area contributed by atoms with Crippen molar-refractivity contribution in [3.8, 4) is 0 Å². The van der Waals surface area contributed by atoms with Gasteiger partial charge in [-0.2, -0.15) is 0 Å². The van der Waals surface area contributed by atoms with Gasteiger partial charge in [0.1, 0.15) is 0 Å². The predicted molar refractivity (Wildman–Crippen MR) is 109 cm³/mol. The summed E-state index contributed by atoms with van der Waals surface area (Å²) in [5, 5.41) is 6.32. The number of para-hydroxylation sites is 1. The maximum absolute atomic E-state index is 12.4. The van der Waals surface area contributed by atoms with Gasteiger partial charge in [0.15, 0.2) is 0 Å². The van der Waals surface area contributed by atoms with E-state index in [2.05, 4.69) is 10.6 Å². The van der Waals surface area contributed by atoms with E-state index in [4.69, 9.17) is 11.6 Å². The first-order valence-electron chi connectivity index (χ1n) is 8.10. The number of anilines is 2. The van der Waals surface area contributed by atoms with E-state index in [1.54, 1.807) is 54.9 Å². The standard InChI is InChI=1S/C19H22ClN3O2S/c1-13(19(25)21-15-10-8-14(20)9-11-15)23(2)12-18(24)22-16-6-4-5-7-17(16)26-3/h4-11,13H,12H2,1-3H3,(H,21,25)(H,22,24). The summed E-state index contributed by atoms with van der Waals surface area (Å²) >= 11 is 7.41. The summed E-state index contributed by atoms with van der Waals surface area (Å²) in [6.07, 6.45) is 1.96. The van der Waals surface area contributed by atoms with Gasteiger partial charge in [-0.3, -0.25) is 14.5 Å². The van der Waals surface area contributed by atoms with Crippen molar-refractivity contribution in [1.29, 1.82) is 0 Å². The normalized spacial score (nSPS) is 11.9. The molecule has 138 valence electrons. The Kier molecular flexibility index (Phi) is 7.50. The van der Waals surface area contributed by atoms with E-state index < -0.39 is 6.04 Å². The van der Waals surface area contributed by atoms with Gasteiger partial charge in [0, 0.05) is 15.6 Å². The van der Waals surface area contributed by atoms with Crippen molar-refractivity contribution >= 4 is 46.6 Å². The molecule has 0 heterocycles. The molecule has 0 aliphatic carbocycles.